The van der Waals surface area contributed by atoms with Crippen LogP contribution in [0.25, 0.3) is 0 Å². The van der Waals surface area contributed by atoms with Crippen LogP contribution in [0.5, 0.6) is 0 Å². The number of anilines is 1. The van der Waals surface area contributed by atoms with E-state index in [1.165, 1.54) is 6.20 Å². The molecule has 0 aromatic carbocycles. The molecule has 0 aliphatic carbocycles. The van der Waals surface area contributed by atoms with E-state index in [0.29, 0.717) is 5.76 Å². The zero-order chi connectivity index (χ0) is 13.8. The summed E-state index contributed by atoms with van der Waals surface area (Å²) in [6, 6.07) is 2.72. The molecule has 98 valence electrons. The maximum Gasteiger partial charge on any atom is 0.342 e. The highest BCUT2D eigenvalue weighted by atomic mass is 16.6. The Balaban J connectivity index is 2.20. The van der Waals surface area contributed by atoms with E-state index in [2.05, 4.69) is 15.5 Å². The topological polar surface area (TPSA) is 131 Å². The fourth-order valence-corrected chi connectivity index (χ4v) is 1.37. The third kappa shape index (κ3) is 2.83. The summed E-state index contributed by atoms with van der Waals surface area (Å²) in [7, 11) is 0. The molecule has 0 unspecified atom stereocenters. The van der Waals surface area contributed by atoms with E-state index in [9.17, 15) is 14.9 Å². The molecule has 9 nitrogen and oxygen atoms in total. The molecule has 9 heteroatoms. The Morgan fingerprint density at radius 3 is 2.95 bits per heavy atom. The van der Waals surface area contributed by atoms with Gasteiger partial charge in [-0.3, -0.25) is 10.1 Å². The van der Waals surface area contributed by atoms with Crippen LogP contribution in [0.1, 0.15) is 16.1 Å². The number of pyridine rings is 1. The van der Waals surface area contributed by atoms with E-state index in [0.717, 1.165) is 12.3 Å². The second-order valence-electron chi connectivity index (χ2n) is 3.48. The standard InChI is InChI=1S/C10H8N4O5/c15-10(16)7-3-9(12-5-8(7)14(17)18)11-4-6-1-2-13-19-6/h1-3,5H,4H2,(H,11,12)(H,15,16). The molecular formula is C10H8N4O5. The van der Waals surface area contributed by atoms with Crippen molar-refractivity contribution in [1.82, 2.24) is 10.1 Å². The maximum atomic E-state index is 10.9. The summed E-state index contributed by atoms with van der Waals surface area (Å²) in [6.45, 7) is 0.240. The van der Waals surface area contributed by atoms with E-state index >= 15 is 0 Å². The molecular weight excluding hydrogens is 256 g/mol. The van der Waals surface area contributed by atoms with Gasteiger partial charge in [-0.25, -0.2) is 9.78 Å². The number of nitrogens with one attached hydrogen (secondary N) is 1. The van der Waals surface area contributed by atoms with Gasteiger partial charge in [0.25, 0.3) is 0 Å². The van der Waals surface area contributed by atoms with E-state index in [1.807, 2.05) is 0 Å². The third-order valence-corrected chi connectivity index (χ3v) is 2.25. The van der Waals surface area contributed by atoms with Crippen molar-refractivity contribution in [1.29, 1.82) is 0 Å². The molecule has 0 radical (unpaired) electrons. The number of hydrogen-bond acceptors (Lipinski definition) is 7. The number of hydrogen-bond donors (Lipinski definition) is 2. The van der Waals surface area contributed by atoms with Crippen LogP contribution in [0, 0.1) is 10.1 Å². The van der Waals surface area contributed by atoms with Gasteiger partial charge in [-0.2, -0.15) is 0 Å². The molecule has 2 aromatic rings. The number of aromatic nitrogens is 2. The Morgan fingerprint density at radius 1 is 1.58 bits per heavy atom. The van der Waals surface area contributed by atoms with Crippen molar-refractivity contribution in [2.24, 2.45) is 0 Å². The Labute approximate surface area is 106 Å². The maximum absolute atomic E-state index is 10.9. The van der Waals surface area contributed by atoms with Crippen LogP contribution in [0.3, 0.4) is 0 Å². The minimum atomic E-state index is -1.39. The van der Waals surface area contributed by atoms with Gasteiger partial charge < -0.3 is 14.9 Å². The lowest BCUT2D eigenvalue weighted by atomic mass is 10.2. The van der Waals surface area contributed by atoms with Gasteiger partial charge in [-0.05, 0) is 0 Å². The highest BCUT2D eigenvalue weighted by Gasteiger charge is 2.20. The second-order valence-corrected chi connectivity index (χ2v) is 3.48. The minimum Gasteiger partial charge on any atom is -0.477 e. The summed E-state index contributed by atoms with van der Waals surface area (Å²) in [5, 5.41) is 25.8. The van der Waals surface area contributed by atoms with Crippen molar-refractivity contribution in [3.63, 3.8) is 0 Å². The highest BCUT2D eigenvalue weighted by Crippen LogP contribution is 2.20. The third-order valence-electron chi connectivity index (χ3n) is 2.25. The van der Waals surface area contributed by atoms with Crippen LogP contribution in [0.2, 0.25) is 0 Å². The van der Waals surface area contributed by atoms with Crippen molar-refractivity contribution in [3.8, 4) is 0 Å². The van der Waals surface area contributed by atoms with Crippen molar-refractivity contribution in [2.75, 3.05) is 5.32 Å². The average Bonchev–Trinajstić information content (AvgIpc) is 2.88. The number of carboxylic acids is 1. The van der Waals surface area contributed by atoms with Gasteiger partial charge in [0.05, 0.1) is 17.7 Å². The molecule has 0 spiro atoms. The SMILES string of the molecule is O=C(O)c1cc(NCc2ccno2)ncc1[N+](=O)[O-]. The van der Waals surface area contributed by atoms with Gasteiger partial charge in [-0.15, -0.1) is 0 Å². The Hall–Kier alpha value is -2.97. The van der Waals surface area contributed by atoms with Crippen LogP contribution in [0.15, 0.2) is 29.0 Å². The highest BCUT2D eigenvalue weighted by molar-refractivity contribution is 5.93. The molecule has 0 atom stereocenters. The van der Waals surface area contributed by atoms with Crippen molar-refractivity contribution in [2.45, 2.75) is 6.54 Å². The summed E-state index contributed by atoms with van der Waals surface area (Å²) in [4.78, 5) is 24.5. The summed E-state index contributed by atoms with van der Waals surface area (Å²) in [5.41, 5.74) is -0.988. The van der Waals surface area contributed by atoms with E-state index < -0.39 is 22.1 Å². The van der Waals surface area contributed by atoms with Gasteiger partial charge in [-0.1, -0.05) is 5.16 Å². The lowest BCUT2D eigenvalue weighted by molar-refractivity contribution is -0.385. The van der Waals surface area contributed by atoms with Crippen LogP contribution < -0.4 is 5.32 Å². The molecule has 0 saturated heterocycles. The molecule has 2 heterocycles. The average molecular weight is 264 g/mol. The van der Waals surface area contributed by atoms with Crippen LogP contribution in [-0.2, 0) is 6.54 Å². The largest absolute Gasteiger partial charge is 0.477 e. The molecule has 2 aromatic heterocycles. The zero-order valence-corrected chi connectivity index (χ0v) is 9.44. The molecule has 0 bridgehead atoms. The lowest BCUT2D eigenvalue weighted by Gasteiger charge is -2.04. The van der Waals surface area contributed by atoms with Crippen molar-refractivity contribution >= 4 is 17.5 Å². The van der Waals surface area contributed by atoms with Crippen molar-refractivity contribution in [3.05, 3.63) is 46.0 Å². The molecule has 0 aliphatic heterocycles. The first kappa shape index (κ1) is 12.5. The van der Waals surface area contributed by atoms with Crippen LogP contribution >= 0.6 is 0 Å². The zero-order valence-electron chi connectivity index (χ0n) is 9.44. The first-order valence-corrected chi connectivity index (χ1v) is 5.09. The molecule has 2 rings (SSSR count). The predicted molar refractivity (Wildman–Crippen MR) is 61.7 cm³/mol. The fourth-order valence-electron chi connectivity index (χ4n) is 1.37. The van der Waals surface area contributed by atoms with Crippen molar-refractivity contribution < 1.29 is 19.3 Å². The predicted octanol–water partition coefficient (Wildman–Crippen LogP) is 1.29. The molecule has 2 N–H and O–H groups in total. The minimum absolute atomic E-state index is 0.194. The number of carboxylic acid groups (broad SMARTS) is 1. The van der Waals surface area contributed by atoms with Crippen LogP contribution in [-0.4, -0.2) is 26.1 Å². The Bertz CT molecular complexity index is 610. The number of nitrogens with zero attached hydrogens (tertiary/aromatic N) is 3. The summed E-state index contributed by atoms with van der Waals surface area (Å²) in [6.07, 6.45) is 2.36. The van der Waals surface area contributed by atoms with E-state index in [-0.39, 0.29) is 12.4 Å². The Kier molecular flexibility index (Phi) is 3.37. The van der Waals surface area contributed by atoms with Crippen LogP contribution in [0.4, 0.5) is 11.5 Å². The first-order valence-electron chi connectivity index (χ1n) is 5.09. The Morgan fingerprint density at radius 2 is 2.37 bits per heavy atom. The molecule has 0 aliphatic rings. The van der Waals surface area contributed by atoms with Gasteiger partial charge in [0.15, 0.2) is 5.76 Å². The normalized spacial score (nSPS) is 10.1. The molecule has 0 fully saturated rings. The smallest absolute Gasteiger partial charge is 0.342 e. The first-order chi connectivity index (χ1) is 9.08. The molecule has 0 amide bonds. The fraction of sp³-hybridized carbons (Fsp3) is 0.100. The lowest BCUT2D eigenvalue weighted by Crippen LogP contribution is -2.07. The number of nitro groups is 1. The quantitative estimate of drug-likeness (QED) is 0.609. The monoisotopic (exact) mass is 264 g/mol. The number of aromatic carboxylic acids is 1. The summed E-state index contributed by atoms with van der Waals surface area (Å²) >= 11 is 0. The van der Waals surface area contributed by atoms with E-state index in [4.69, 9.17) is 9.63 Å². The summed E-state index contributed by atoms with van der Waals surface area (Å²) < 4.78 is 4.83. The van der Waals surface area contributed by atoms with Gasteiger partial charge in [0.1, 0.15) is 17.6 Å². The number of rotatable bonds is 5. The van der Waals surface area contributed by atoms with Gasteiger partial charge in [0.2, 0.25) is 0 Å². The molecule has 0 saturated carbocycles. The second kappa shape index (κ2) is 5.12. The molecule has 19 heavy (non-hydrogen) atoms. The summed E-state index contributed by atoms with van der Waals surface area (Å²) in [5.74, 6) is -0.673. The number of carbonyl (C=O) groups is 1. The van der Waals surface area contributed by atoms with Gasteiger partial charge >= 0.3 is 11.7 Å². The van der Waals surface area contributed by atoms with E-state index in [1.54, 1.807) is 6.07 Å². The van der Waals surface area contributed by atoms with Gasteiger partial charge in [0, 0.05) is 12.1 Å².